The first-order valence-electron chi connectivity index (χ1n) is 5.88. The average molecular weight is 276 g/mol. The van der Waals surface area contributed by atoms with E-state index in [1.54, 1.807) is 6.07 Å². The molecule has 0 aliphatic heterocycles. The summed E-state index contributed by atoms with van der Waals surface area (Å²) in [6.45, 7) is 0. The molecule has 0 amide bonds. The van der Waals surface area contributed by atoms with E-state index in [1.165, 1.54) is 0 Å². The summed E-state index contributed by atoms with van der Waals surface area (Å²) in [5, 5.41) is 0.960. The van der Waals surface area contributed by atoms with Gasteiger partial charge in [-0.05, 0) is 37.3 Å². The normalized spacial score (nSPS) is 29.3. The lowest BCUT2D eigenvalue weighted by Gasteiger charge is -2.32. The fourth-order valence-corrected chi connectivity index (χ4v) is 2.75. The largest absolute Gasteiger partial charge is 0.328 e. The smallest absolute Gasteiger partial charge is 0.115 e. The predicted octanol–water partition coefficient (Wildman–Crippen LogP) is 4.15. The Morgan fingerprint density at radius 3 is 2.59 bits per heavy atom. The Balaban J connectivity index is 2.12. The third-order valence-corrected chi connectivity index (χ3v) is 4.32. The lowest BCUT2D eigenvalue weighted by molar-refractivity contribution is 0.0995. The monoisotopic (exact) mass is 275 g/mol. The number of alkyl halides is 1. The van der Waals surface area contributed by atoms with Gasteiger partial charge in [0, 0.05) is 12.5 Å². The molecule has 1 aliphatic rings. The van der Waals surface area contributed by atoms with Crippen LogP contribution in [0.4, 0.5) is 4.39 Å². The highest BCUT2D eigenvalue weighted by molar-refractivity contribution is 6.42. The molecule has 0 unspecified atom stereocenters. The van der Waals surface area contributed by atoms with Crippen molar-refractivity contribution in [1.82, 2.24) is 0 Å². The van der Waals surface area contributed by atoms with Gasteiger partial charge in [-0.15, -0.1) is 0 Å². The molecule has 1 saturated carbocycles. The maximum atomic E-state index is 14.6. The Bertz CT molecular complexity index is 400. The molecule has 2 rings (SSSR count). The Labute approximate surface area is 111 Å². The van der Waals surface area contributed by atoms with Crippen molar-refractivity contribution in [2.45, 2.75) is 43.8 Å². The summed E-state index contributed by atoms with van der Waals surface area (Å²) in [4.78, 5) is 0. The van der Waals surface area contributed by atoms with Crippen LogP contribution in [0.25, 0.3) is 0 Å². The van der Waals surface area contributed by atoms with E-state index in [4.69, 9.17) is 28.9 Å². The van der Waals surface area contributed by atoms with E-state index >= 15 is 0 Å². The maximum absolute atomic E-state index is 14.6. The highest BCUT2D eigenvalue weighted by Crippen LogP contribution is 2.37. The molecule has 0 aromatic heterocycles. The zero-order valence-corrected chi connectivity index (χ0v) is 11.1. The Hall–Kier alpha value is -0.310. The van der Waals surface area contributed by atoms with Crippen LogP contribution in [-0.2, 0) is 6.42 Å². The molecule has 17 heavy (non-hydrogen) atoms. The number of halogens is 3. The van der Waals surface area contributed by atoms with Gasteiger partial charge in [-0.25, -0.2) is 4.39 Å². The zero-order chi connectivity index (χ0) is 12.5. The van der Waals surface area contributed by atoms with E-state index in [0.717, 1.165) is 18.4 Å². The molecule has 0 heterocycles. The molecule has 0 bridgehead atoms. The molecule has 1 aromatic rings. The lowest BCUT2D eigenvalue weighted by Crippen LogP contribution is -2.37. The minimum absolute atomic E-state index is 0.147. The lowest BCUT2D eigenvalue weighted by atomic mass is 9.80. The molecule has 1 fully saturated rings. The molecule has 1 aromatic carbocycles. The Kier molecular flexibility index (Phi) is 3.96. The molecule has 0 atom stereocenters. The summed E-state index contributed by atoms with van der Waals surface area (Å²) in [6, 6.07) is 5.51. The first-order chi connectivity index (χ1) is 8.00. The first-order valence-corrected chi connectivity index (χ1v) is 6.63. The molecule has 0 radical (unpaired) electrons. The summed E-state index contributed by atoms with van der Waals surface area (Å²) in [7, 11) is 0. The average Bonchev–Trinajstić information content (AvgIpc) is 2.30. The van der Waals surface area contributed by atoms with Crippen molar-refractivity contribution in [1.29, 1.82) is 0 Å². The third kappa shape index (κ3) is 3.12. The molecule has 4 heteroatoms. The van der Waals surface area contributed by atoms with E-state index in [2.05, 4.69) is 0 Å². The number of rotatable bonds is 2. The standard InChI is InChI=1S/C13H16Cl2FN/c14-11-3-1-2-9(12(11)15)8-13(16)6-4-10(17)5-7-13/h1-3,10H,4-8,17H2. The molecule has 0 spiro atoms. The number of nitrogens with two attached hydrogens (primary N) is 1. The van der Waals surface area contributed by atoms with Gasteiger partial charge in [0.2, 0.25) is 0 Å². The Morgan fingerprint density at radius 2 is 1.94 bits per heavy atom. The fourth-order valence-electron chi connectivity index (χ4n) is 2.36. The van der Waals surface area contributed by atoms with Crippen LogP contribution in [-0.4, -0.2) is 11.7 Å². The molecule has 94 valence electrons. The van der Waals surface area contributed by atoms with Gasteiger partial charge in [-0.3, -0.25) is 0 Å². The quantitative estimate of drug-likeness (QED) is 0.863. The van der Waals surface area contributed by atoms with Crippen molar-refractivity contribution in [3.8, 4) is 0 Å². The van der Waals surface area contributed by atoms with Gasteiger partial charge in [0.25, 0.3) is 0 Å². The van der Waals surface area contributed by atoms with Gasteiger partial charge < -0.3 is 5.73 Å². The van der Waals surface area contributed by atoms with Crippen LogP contribution < -0.4 is 5.73 Å². The highest BCUT2D eigenvalue weighted by Gasteiger charge is 2.34. The number of hydrogen-bond donors (Lipinski definition) is 1. The second-order valence-corrected chi connectivity index (χ2v) is 5.66. The van der Waals surface area contributed by atoms with Crippen LogP contribution in [0.15, 0.2) is 18.2 Å². The van der Waals surface area contributed by atoms with Gasteiger partial charge >= 0.3 is 0 Å². The molecule has 0 saturated heterocycles. The fraction of sp³-hybridized carbons (Fsp3) is 0.538. The molecule has 1 nitrogen and oxygen atoms in total. The van der Waals surface area contributed by atoms with E-state index in [1.807, 2.05) is 12.1 Å². The van der Waals surface area contributed by atoms with Crippen molar-refractivity contribution in [2.24, 2.45) is 5.73 Å². The van der Waals surface area contributed by atoms with E-state index in [-0.39, 0.29) is 6.04 Å². The number of hydrogen-bond acceptors (Lipinski definition) is 1. The summed E-state index contributed by atoms with van der Waals surface area (Å²) in [5.74, 6) is 0. The molecular formula is C13H16Cl2FN. The van der Waals surface area contributed by atoms with Crippen LogP contribution in [0.5, 0.6) is 0 Å². The topological polar surface area (TPSA) is 26.0 Å². The third-order valence-electron chi connectivity index (χ3n) is 3.47. The van der Waals surface area contributed by atoms with Gasteiger partial charge in [0.1, 0.15) is 5.67 Å². The van der Waals surface area contributed by atoms with Gasteiger partial charge in [0.15, 0.2) is 0 Å². The summed E-state index contributed by atoms with van der Waals surface area (Å²) >= 11 is 12.0. The van der Waals surface area contributed by atoms with Crippen LogP contribution in [0.1, 0.15) is 31.2 Å². The second kappa shape index (κ2) is 5.13. The molecule has 1 aliphatic carbocycles. The maximum Gasteiger partial charge on any atom is 0.115 e. The van der Waals surface area contributed by atoms with E-state index in [9.17, 15) is 4.39 Å². The van der Waals surface area contributed by atoms with Gasteiger partial charge in [0.05, 0.1) is 10.0 Å². The van der Waals surface area contributed by atoms with E-state index < -0.39 is 5.67 Å². The highest BCUT2D eigenvalue weighted by atomic mass is 35.5. The van der Waals surface area contributed by atoms with Gasteiger partial charge in [-0.2, -0.15) is 0 Å². The van der Waals surface area contributed by atoms with Crippen LogP contribution in [0.2, 0.25) is 10.0 Å². The Morgan fingerprint density at radius 1 is 1.29 bits per heavy atom. The first kappa shape index (κ1) is 13.1. The van der Waals surface area contributed by atoms with Crippen LogP contribution in [0, 0.1) is 0 Å². The minimum Gasteiger partial charge on any atom is -0.328 e. The van der Waals surface area contributed by atoms with Crippen molar-refractivity contribution in [3.05, 3.63) is 33.8 Å². The van der Waals surface area contributed by atoms with Crippen molar-refractivity contribution >= 4 is 23.2 Å². The SMILES string of the molecule is NC1CCC(F)(Cc2cccc(Cl)c2Cl)CC1. The summed E-state index contributed by atoms with van der Waals surface area (Å²) < 4.78 is 14.6. The van der Waals surface area contributed by atoms with Crippen LogP contribution >= 0.6 is 23.2 Å². The molecular weight excluding hydrogens is 260 g/mol. The van der Waals surface area contributed by atoms with Crippen LogP contribution in [0.3, 0.4) is 0 Å². The minimum atomic E-state index is -1.18. The predicted molar refractivity (Wildman–Crippen MR) is 70.4 cm³/mol. The summed E-state index contributed by atoms with van der Waals surface area (Å²) in [6.07, 6.45) is 2.84. The van der Waals surface area contributed by atoms with Crippen molar-refractivity contribution < 1.29 is 4.39 Å². The summed E-state index contributed by atoms with van der Waals surface area (Å²) in [5.41, 5.74) is 5.40. The zero-order valence-electron chi connectivity index (χ0n) is 9.56. The van der Waals surface area contributed by atoms with Gasteiger partial charge in [-0.1, -0.05) is 35.3 Å². The second-order valence-electron chi connectivity index (χ2n) is 4.88. The van der Waals surface area contributed by atoms with E-state index in [0.29, 0.717) is 29.3 Å². The van der Waals surface area contributed by atoms with Crippen molar-refractivity contribution in [3.63, 3.8) is 0 Å². The molecule has 2 N–H and O–H groups in total. The van der Waals surface area contributed by atoms with Crippen molar-refractivity contribution in [2.75, 3.05) is 0 Å². The number of benzene rings is 1.